The van der Waals surface area contributed by atoms with Gasteiger partial charge in [-0.3, -0.25) is 0 Å². The Labute approximate surface area is 111 Å². The Kier molecular flexibility index (Phi) is 3.97. The highest BCUT2D eigenvalue weighted by Crippen LogP contribution is 2.30. The number of thiophene rings is 1. The first kappa shape index (κ1) is 12.7. The van der Waals surface area contributed by atoms with E-state index >= 15 is 0 Å². The predicted molar refractivity (Wildman–Crippen MR) is 76.0 cm³/mol. The van der Waals surface area contributed by atoms with Gasteiger partial charge in [0.2, 0.25) is 0 Å². The third kappa shape index (κ3) is 3.15. The predicted octanol–water partition coefficient (Wildman–Crippen LogP) is 3.91. The van der Waals surface area contributed by atoms with Crippen LogP contribution in [-0.2, 0) is 0 Å². The molecule has 0 aliphatic carbocycles. The number of nitrogens with zero attached hydrogens (tertiary/aromatic N) is 1. The maximum atomic E-state index is 4.61. The Morgan fingerprint density at radius 1 is 1.24 bits per heavy atom. The van der Waals surface area contributed by atoms with Gasteiger partial charge < -0.3 is 5.32 Å². The summed E-state index contributed by atoms with van der Waals surface area (Å²) in [6.45, 7) is 8.54. The first-order valence-electron chi connectivity index (χ1n) is 5.80. The summed E-state index contributed by atoms with van der Waals surface area (Å²) in [5, 5.41) is 6.88. The lowest BCUT2D eigenvalue weighted by atomic mass is 10.2. The summed E-state index contributed by atoms with van der Waals surface area (Å²) in [4.78, 5) is 7.32. The van der Waals surface area contributed by atoms with Gasteiger partial charge in [0.25, 0.3) is 0 Å². The zero-order valence-electron chi connectivity index (χ0n) is 10.7. The van der Waals surface area contributed by atoms with Gasteiger partial charge >= 0.3 is 0 Å². The minimum atomic E-state index is 0.243. The van der Waals surface area contributed by atoms with Crippen molar-refractivity contribution in [2.45, 2.75) is 39.8 Å². The molecule has 0 aliphatic rings. The van der Waals surface area contributed by atoms with Crippen LogP contribution in [0.15, 0.2) is 17.5 Å². The number of aryl methyl sites for hydroxylation is 2. The minimum Gasteiger partial charge on any atom is -0.301 e. The van der Waals surface area contributed by atoms with Crippen LogP contribution >= 0.6 is 22.7 Å². The summed E-state index contributed by atoms with van der Waals surface area (Å²) in [5.41, 5.74) is 1.11. The lowest BCUT2D eigenvalue weighted by Crippen LogP contribution is -2.28. The first-order chi connectivity index (χ1) is 8.06. The topological polar surface area (TPSA) is 24.9 Å². The van der Waals surface area contributed by atoms with Crippen LogP contribution in [0.4, 0.5) is 0 Å². The molecule has 1 unspecified atom stereocenters. The van der Waals surface area contributed by atoms with Crippen LogP contribution in [0.3, 0.4) is 0 Å². The normalized spacial score (nSPS) is 13.2. The highest BCUT2D eigenvalue weighted by Gasteiger charge is 2.19. The average Bonchev–Trinajstić information content (AvgIpc) is 2.84. The molecule has 17 heavy (non-hydrogen) atoms. The number of hydrogen-bond donors (Lipinski definition) is 1. The molecule has 0 spiro atoms. The van der Waals surface area contributed by atoms with Gasteiger partial charge in [0.15, 0.2) is 0 Å². The van der Waals surface area contributed by atoms with Crippen LogP contribution in [-0.4, -0.2) is 11.0 Å². The van der Waals surface area contributed by atoms with E-state index in [0.29, 0.717) is 6.04 Å². The van der Waals surface area contributed by atoms with Gasteiger partial charge in [-0.25, -0.2) is 4.98 Å². The summed E-state index contributed by atoms with van der Waals surface area (Å²) in [6.07, 6.45) is 0. The van der Waals surface area contributed by atoms with Gasteiger partial charge in [-0.05, 0) is 39.8 Å². The van der Waals surface area contributed by atoms with Crippen molar-refractivity contribution >= 4 is 22.7 Å². The van der Waals surface area contributed by atoms with E-state index in [1.54, 1.807) is 11.3 Å². The second-order valence-electron chi connectivity index (χ2n) is 4.53. The maximum Gasteiger partial charge on any atom is 0.115 e. The van der Waals surface area contributed by atoms with Gasteiger partial charge in [0.05, 0.1) is 6.04 Å². The molecule has 2 rings (SSSR count). The van der Waals surface area contributed by atoms with E-state index < -0.39 is 0 Å². The molecule has 0 radical (unpaired) electrons. The molecule has 2 aromatic rings. The Morgan fingerprint density at radius 2 is 2.00 bits per heavy atom. The Morgan fingerprint density at radius 3 is 2.47 bits per heavy atom. The lowest BCUT2D eigenvalue weighted by Gasteiger charge is -2.17. The third-order valence-corrected chi connectivity index (χ3v) is 4.52. The Hall–Kier alpha value is -0.710. The molecule has 0 fully saturated rings. The fourth-order valence-corrected chi connectivity index (χ4v) is 3.61. The van der Waals surface area contributed by atoms with Gasteiger partial charge in [0, 0.05) is 26.9 Å². The SMILES string of the molecule is Cc1csc(C(NC(C)C)c2ccc(C)s2)n1. The monoisotopic (exact) mass is 266 g/mol. The zero-order valence-corrected chi connectivity index (χ0v) is 12.3. The zero-order chi connectivity index (χ0) is 12.4. The van der Waals surface area contributed by atoms with E-state index in [0.717, 1.165) is 10.7 Å². The van der Waals surface area contributed by atoms with Crippen molar-refractivity contribution in [3.05, 3.63) is 38.0 Å². The highest BCUT2D eigenvalue weighted by molar-refractivity contribution is 7.12. The van der Waals surface area contributed by atoms with E-state index in [-0.39, 0.29) is 6.04 Å². The van der Waals surface area contributed by atoms with Crippen molar-refractivity contribution in [1.29, 1.82) is 0 Å². The highest BCUT2D eigenvalue weighted by atomic mass is 32.1. The molecule has 2 heterocycles. The van der Waals surface area contributed by atoms with Gasteiger partial charge in [-0.1, -0.05) is 0 Å². The number of nitrogens with one attached hydrogen (secondary N) is 1. The molecule has 0 saturated heterocycles. The summed E-state index contributed by atoms with van der Waals surface area (Å²) in [6, 6.07) is 5.07. The van der Waals surface area contributed by atoms with Gasteiger partial charge in [-0.2, -0.15) is 0 Å². The van der Waals surface area contributed by atoms with Crippen LogP contribution in [0.1, 0.15) is 40.3 Å². The molecule has 0 aliphatic heterocycles. The van der Waals surface area contributed by atoms with E-state index in [2.05, 4.69) is 48.6 Å². The second-order valence-corrected chi connectivity index (χ2v) is 6.74. The van der Waals surface area contributed by atoms with Crippen molar-refractivity contribution < 1.29 is 0 Å². The minimum absolute atomic E-state index is 0.243. The van der Waals surface area contributed by atoms with Crippen LogP contribution in [0.2, 0.25) is 0 Å². The molecule has 0 bridgehead atoms. The van der Waals surface area contributed by atoms with Crippen LogP contribution < -0.4 is 5.32 Å². The molecule has 0 aromatic carbocycles. The van der Waals surface area contributed by atoms with Gasteiger partial charge in [0.1, 0.15) is 5.01 Å². The number of thiazole rings is 1. The Balaban J connectivity index is 2.31. The number of hydrogen-bond acceptors (Lipinski definition) is 4. The summed E-state index contributed by atoms with van der Waals surface area (Å²) < 4.78 is 0. The first-order valence-corrected chi connectivity index (χ1v) is 7.50. The van der Waals surface area contributed by atoms with E-state index in [1.807, 2.05) is 18.3 Å². The molecule has 0 saturated carbocycles. The largest absolute Gasteiger partial charge is 0.301 e. The van der Waals surface area contributed by atoms with Crippen molar-refractivity contribution in [3.8, 4) is 0 Å². The van der Waals surface area contributed by atoms with E-state index in [4.69, 9.17) is 0 Å². The fraction of sp³-hybridized carbons (Fsp3) is 0.462. The van der Waals surface area contributed by atoms with Crippen LogP contribution in [0.5, 0.6) is 0 Å². The Bertz CT molecular complexity index is 445. The molecule has 1 N–H and O–H groups in total. The van der Waals surface area contributed by atoms with Crippen LogP contribution in [0, 0.1) is 13.8 Å². The molecular formula is C13H18N2S2. The van der Waals surface area contributed by atoms with Crippen molar-refractivity contribution in [2.24, 2.45) is 0 Å². The summed E-state index contributed by atoms with van der Waals surface area (Å²) in [5.74, 6) is 0. The average molecular weight is 266 g/mol. The van der Waals surface area contributed by atoms with E-state index in [1.165, 1.54) is 9.75 Å². The summed E-state index contributed by atoms with van der Waals surface area (Å²) in [7, 11) is 0. The van der Waals surface area contributed by atoms with Gasteiger partial charge in [-0.15, -0.1) is 22.7 Å². The molecule has 2 nitrogen and oxygen atoms in total. The molecule has 1 atom stereocenters. The van der Waals surface area contributed by atoms with Crippen LogP contribution in [0.25, 0.3) is 0 Å². The smallest absolute Gasteiger partial charge is 0.115 e. The second kappa shape index (κ2) is 5.29. The fourth-order valence-electron chi connectivity index (χ4n) is 1.72. The lowest BCUT2D eigenvalue weighted by molar-refractivity contribution is 0.532. The van der Waals surface area contributed by atoms with Crippen molar-refractivity contribution in [3.63, 3.8) is 0 Å². The standard InChI is InChI=1S/C13H18N2S2/c1-8(2)14-12(11-6-5-10(4)17-11)13-15-9(3)7-16-13/h5-8,12,14H,1-4H3. The summed E-state index contributed by atoms with van der Waals surface area (Å²) >= 11 is 3.58. The molecule has 4 heteroatoms. The quantitative estimate of drug-likeness (QED) is 0.907. The van der Waals surface area contributed by atoms with E-state index in [9.17, 15) is 0 Å². The number of aromatic nitrogens is 1. The van der Waals surface area contributed by atoms with Crippen molar-refractivity contribution in [2.75, 3.05) is 0 Å². The molecule has 2 aromatic heterocycles. The molecule has 92 valence electrons. The third-order valence-electron chi connectivity index (χ3n) is 2.43. The number of rotatable bonds is 4. The molecule has 0 amide bonds. The molecular weight excluding hydrogens is 248 g/mol. The van der Waals surface area contributed by atoms with Crippen molar-refractivity contribution in [1.82, 2.24) is 10.3 Å². The maximum absolute atomic E-state index is 4.61.